The minimum atomic E-state index is -4.06. The normalized spacial score (nSPS) is 11.3. The second-order valence-electron chi connectivity index (χ2n) is 7.28. The van der Waals surface area contributed by atoms with Crippen LogP contribution in [-0.2, 0) is 26.2 Å². The molecule has 0 aromatic heterocycles. The van der Waals surface area contributed by atoms with Crippen molar-refractivity contribution in [3.63, 3.8) is 0 Å². The first-order chi connectivity index (χ1) is 16.0. The zero-order valence-corrected chi connectivity index (χ0v) is 21.0. The fraction of sp³-hybridized carbons (Fsp3) is 0.130. The maximum absolute atomic E-state index is 13.3. The minimum Gasteiger partial charge on any atom is -0.326 e. The highest BCUT2D eigenvalue weighted by atomic mass is 35.5. The smallest absolute Gasteiger partial charge is 0.243 e. The third-order valence-electron chi connectivity index (χ3n) is 4.60. The maximum atomic E-state index is 13.3. The van der Waals surface area contributed by atoms with E-state index in [0.717, 1.165) is 4.31 Å². The SMILES string of the molecule is CC(=O)Nc1ccc(NC(=O)CN(Cc2ccc(Cl)c(Cl)c2)S(=O)(=O)c2ccc(Cl)cc2)cc1. The third-order valence-corrected chi connectivity index (χ3v) is 7.40. The number of sulfonamides is 1. The number of rotatable bonds is 8. The summed E-state index contributed by atoms with van der Waals surface area (Å²) in [5.41, 5.74) is 1.56. The van der Waals surface area contributed by atoms with E-state index in [1.54, 1.807) is 42.5 Å². The van der Waals surface area contributed by atoms with Gasteiger partial charge in [0, 0.05) is 29.9 Å². The van der Waals surface area contributed by atoms with E-state index in [4.69, 9.17) is 34.8 Å². The van der Waals surface area contributed by atoms with Gasteiger partial charge in [0.2, 0.25) is 21.8 Å². The first-order valence-electron chi connectivity index (χ1n) is 9.92. The summed E-state index contributed by atoms with van der Waals surface area (Å²) in [7, 11) is -4.06. The second kappa shape index (κ2) is 11.2. The van der Waals surface area contributed by atoms with Crippen molar-refractivity contribution in [2.45, 2.75) is 18.4 Å². The highest BCUT2D eigenvalue weighted by Crippen LogP contribution is 2.26. The Kier molecular flexibility index (Phi) is 8.57. The van der Waals surface area contributed by atoms with Gasteiger partial charge in [0.1, 0.15) is 0 Å². The van der Waals surface area contributed by atoms with E-state index in [1.165, 1.54) is 31.2 Å². The van der Waals surface area contributed by atoms with Crippen LogP contribution in [0.2, 0.25) is 15.1 Å². The van der Waals surface area contributed by atoms with Crippen LogP contribution in [0, 0.1) is 0 Å². The maximum Gasteiger partial charge on any atom is 0.243 e. The minimum absolute atomic E-state index is 0.00980. The molecule has 0 aliphatic carbocycles. The number of nitrogens with zero attached hydrogens (tertiary/aromatic N) is 1. The molecule has 0 atom stereocenters. The van der Waals surface area contributed by atoms with Crippen LogP contribution < -0.4 is 10.6 Å². The average molecular weight is 541 g/mol. The number of hydrogen-bond donors (Lipinski definition) is 2. The quantitative estimate of drug-likeness (QED) is 0.398. The summed E-state index contributed by atoms with van der Waals surface area (Å²) in [5, 5.41) is 6.28. The zero-order valence-electron chi connectivity index (χ0n) is 17.9. The van der Waals surface area contributed by atoms with Crippen LogP contribution in [0.1, 0.15) is 12.5 Å². The highest BCUT2D eigenvalue weighted by molar-refractivity contribution is 7.89. The molecule has 34 heavy (non-hydrogen) atoms. The Balaban J connectivity index is 1.83. The molecular formula is C23H20Cl3N3O4S. The van der Waals surface area contributed by atoms with Crippen LogP contribution in [0.15, 0.2) is 71.6 Å². The predicted octanol–water partition coefficient (Wildman–Crippen LogP) is 5.43. The lowest BCUT2D eigenvalue weighted by Gasteiger charge is -2.22. The van der Waals surface area contributed by atoms with Gasteiger partial charge in [-0.25, -0.2) is 8.42 Å². The number of amides is 2. The molecule has 0 saturated carbocycles. The van der Waals surface area contributed by atoms with E-state index in [0.29, 0.717) is 27.0 Å². The van der Waals surface area contributed by atoms with Crippen molar-refractivity contribution in [1.29, 1.82) is 0 Å². The topological polar surface area (TPSA) is 95.6 Å². The number of halogens is 3. The number of hydrogen-bond acceptors (Lipinski definition) is 4. The van der Waals surface area contributed by atoms with Gasteiger partial charge < -0.3 is 10.6 Å². The van der Waals surface area contributed by atoms with Crippen molar-refractivity contribution in [3.8, 4) is 0 Å². The lowest BCUT2D eigenvalue weighted by molar-refractivity contribution is -0.116. The largest absolute Gasteiger partial charge is 0.326 e. The fourth-order valence-electron chi connectivity index (χ4n) is 3.02. The number of carbonyl (C=O) groups is 2. The first-order valence-corrected chi connectivity index (χ1v) is 12.5. The molecule has 0 bridgehead atoms. The molecule has 2 amide bonds. The molecule has 0 fully saturated rings. The summed E-state index contributed by atoms with van der Waals surface area (Å²) in [6, 6.07) is 16.8. The van der Waals surface area contributed by atoms with Crippen LogP contribution >= 0.6 is 34.8 Å². The second-order valence-corrected chi connectivity index (χ2v) is 10.5. The predicted molar refractivity (Wildman–Crippen MR) is 135 cm³/mol. The molecule has 3 aromatic rings. The Morgan fingerprint density at radius 1 is 0.824 bits per heavy atom. The van der Waals surface area contributed by atoms with Crippen LogP contribution in [0.5, 0.6) is 0 Å². The molecule has 7 nitrogen and oxygen atoms in total. The molecule has 0 unspecified atom stereocenters. The Labute approximate surface area is 212 Å². The zero-order chi connectivity index (χ0) is 24.9. The number of benzene rings is 3. The Hall–Kier alpha value is -2.62. The Morgan fingerprint density at radius 2 is 1.41 bits per heavy atom. The fourth-order valence-corrected chi connectivity index (χ4v) is 4.86. The summed E-state index contributed by atoms with van der Waals surface area (Å²) >= 11 is 17.9. The van der Waals surface area contributed by atoms with Gasteiger partial charge in [-0.3, -0.25) is 9.59 Å². The van der Waals surface area contributed by atoms with Crippen molar-refractivity contribution in [1.82, 2.24) is 4.31 Å². The summed E-state index contributed by atoms with van der Waals surface area (Å²) in [6.45, 7) is 0.814. The van der Waals surface area contributed by atoms with Gasteiger partial charge in [0.25, 0.3) is 0 Å². The number of anilines is 2. The number of carbonyl (C=O) groups excluding carboxylic acids is 2. The summed E-state index contributed by atoms with van der Waals surface area (Å²) in [6.07, 6.45) is 0. The van der Waals surface area contributed by atoms with Gasteiger partial charge in [-0.1, -0.05) is 40.9 Å². The van der Waals surface area contributed by atoms with Gasteiger partial charge >= 0.3 is 0 Å². The van der Waals surface area contributed by atoms with Gasteiger partial charge in [-0.05, 0) is 66.2 Å². The molecule has 0 heterocycles. The van der Waals surface area contributed by atoms with Crippen molar-refractivity contribution >= 4 is 68.0 Å². The molecule has 3 aromatic carbocycles. The van der Waals surface area contributed by atoms with E-state index in [-0.39, 0.29) is 22.4 Å². The van der Waals surface area contributed by atoms with Crippen LogP contribution in [0.4, 0.5) is 11.4 Å². The van der Waals surface area contributed by atoms with E-state index in [2.05, 4.69) is 10.6 Å². The van der Waals surface area contributed by atoms with E-state index >= 15 is 0 Å². The van der Waals surface area contributed by atoms with E-state index in [1.807, 2.05) is 0 Å². The average Bonchev–Trinajstić information content (AvgIpc) is 2.77. The third kappa shape index (κ3) is 6.94. The van der Waals surface area contributed by atoms with Crippen molar-refractivity contribution in [2.24, 2.45) is 0 Å². The highest BCUT2D eigenvalue weighted by Gasteiger charge is 2.27. The Morgan fingerprint density at radius 3 is 1.97 bits per heavy atom. The summed E-state index contributed by atoms with van der Waals surface area (Å²) < 4.78 is 27.7. The molecule has 0 saturated heterocycles. The summed E-state index contributed by atoms with van der Waals surface area (Å²) in [5.74, 6) is -0.771. The lowest BCUT2D eigenvalue weighted by Crippen LogP contribution is -2.37. The summed E-state index contributed by atoms with van der Waals surface area (Å²) in [4.78, 5) is 23.9. The molecule has 0 aliphatic heterocycles. The van der Waals surface area contributed by atoms with E-state index in [9.17, 15) is 18.0 Å². The van der Waals surface area contributed by atoms with E-state index < -0.39 is 22.5 Å². The van der Waals surface area contributed by atoms with Gasteiger partial charge in [-0.2, -0.15) is 4.31 Å². The Bertz CT molecular complexity index is 1300. The van der Waals surface area contributed by atoms with Crippen LogP contribution in [0.3, 0.4) is 0 Å². The molecule has 11 heteroatoms. The lowest BCUT2D eigenvalue weighted by atomic mass is 10.2. The number of nitrogens with one attached hydrogen (secondary N) is 2. The van der Waals surface area contributed by atoms with Crippen molar-refractivity contribution in [2.75, 3.05) is 17.2 Å². The van der Waals surface area contributed by atoms with Crippen molar-refractivity contribution in [3.05, 3.63) is 87.4 Å². The molecular weight excluding hydrogens is 521 g/mol. The monoisotopic (exact) mass is 539 g/mol. The standard InChI is InChI=1S/C23H20Cl3N3O4S/c1-15(30)27-18-5-7-19(8-6-18)28-23(31)14-29(13-16-2-11-21(25)22(26)12-16)34(32,33)20-9-3-17(24)4-10-20/h2-12H,13-14H2,1H3,(H,27,30)(H,28,31). The van der Waals surface area contributed by atoms with Crippen LogP contribution in [0.25, 0.3) is 0 Å². The van der Waals surface area contributed by atoms with Crippen molar-refractivity contribution < 1.29 is 18.0 Å². The molecule has 0 radical (unpaired) electrons. The molecule has 2 N–H and O–H groups in total. The van der Waals surface area contributed by atoms with Gasteiger partial charge in [0.05, 0.1) is 21.5 Å². The molecule has 178 valence electrons. The van der Waals surface area contributed by atoms with Gasteiger partial charge in [0.15, 0.2) is 0 Å². The first kappa shape index (κ1) is 26.0. The molecule has 0 spiro atoms. The molecule has 3 rings (SSSR count). The van der Waals surface area contributed by atoms with Crippen LogP contribution in [-0.4, -0.2) is 31.1 Å². The van der Waals surface area contributed by atoms with Gasteiger partial charge in [-0.15, -0.1) is 0 Å². The molecule has 0 aliphatic rings.